The highest BCUT2D eigenvalue weighted by Crippen LogP contribution is 2.48. The van der Waals surface area contributed by atoms with Crippen molar-refractivity contribution in [3.05, 3.63) is 180 Å². The third-order valence-corrected chi connectivity index (χ3v) is 11.0. The van der Waals surface area contributed by atoms with Gasteiger partial charge in [0.15, 0.2) is 0 Å². The van der Waals surface area contributed by atoms with E-state index in [1.807, 2.05) is 54.6 Å². The number of allylic oxidation sites excluding steroid dienone is 1. The molecule has 1 aromatic heterocycles. The molecule has 0 aliphatic heterocycles. The van der Waals surface area contributed by atoms with Crippen molar-refractivity contribution in [3.63, 3.8) is 0 Å². The van der Waals surface area contributed by atoms with E-state index in [0.29, 0.717) is 10.8 Å². The summed E-state index contributed by atoms with van der Waals surface area (Å²) in [6.45, 7) is 6.34. The Morgan fingerprint density at radius 3 is 1.49 bits per heavy atom. The predicted octanol–water partition coefficient (Wildman–Crippen LogP) is 14.1. The van der Waals surface area contributed by atoms with Crippen LogP contribution < -0.4 is 0 Å². The zero-order chi connectivity index (χ0) is 33.1. The lowest BCUT2D eigenvalue weighted by molar-refractivity contribution is 0.651. The highest BCUT2D eigenvalue weighted by atomic mass is 32.1. The molecule has 0 nitrogen and oxygen atoms in total. The molecular formula is C47H31FS. The number of benzene rings is 8. The fraction of sp³-hybridized carbons (Fsp3) is 0.0213. The molecule has 1 heterocycles. The van der Waals surface area contributed by atoms with E-state index in [9.17, 15) is 0 Å². The van der Waals surface area contributed by atoms with Gasteiger partial charge in [0.25, 0.3) is 0 Å². The van der Waals surface area contributed by atoms with E-state index in [1.54, 1.807) is 11.3 Å². The van der Waals surface area contributed by atoms with Crippen molar-refractivity contribution in [2.45, 2.75) is 6.92 Å². The van der Waals surface area contributed by atoms with Gasteiger partial charge in [-0.1, -0.05) is 158 Å². The molecule has 0 amide bonds. The van der Waals surface area contributed by atoms with Crippen molar-refractivity contribution in [1.82, 2.24) is 0 Å². The first-order chi connectivity index (χ1) is 24.2. The summed E-state index contributed by atoms with van der Waals surface area (Å²) in [6, 6.07) is 50.9. The van der Waals surface area contributed by atoms with Gasteiger partial charge in [-0.15, -0.1) is 11.3 Å². The molecule has 0 spiro atoms. The third-order valence-electron chi connectivity index (χ3n) is 9.88. The maximum atomic E-state index is 15.9. The molecule has 0 saturated heterocycles. The third kappa shape index (κ3) is 4.49. The van der Waals surface area contributed by atoms with Crippen LogP contribution in [0.2, 0.25) is 0 Å². The molecule has 0 fully saturated rings. The molecule has 2 heteroatoms. The lowest BCUT2D eigenvalue weighted by atomic mass is 9.85. The summed E-state index contributed by atoms with van der Waals surface area (Å²) in [5.41, 5.74) is 8.18. The van der Waals surface area contributed by atoms with Gasteiger partial charge >= 0.3 is 0 Å². The summed E-state index contributed by atoms with van der Waals surface area (Å²) in [7, 11) is 0. The van der Waals surface area contributed by atoms with Crippen LogP contribution in [0.25, 0.3) is 87.1 Å². The first kappa shape index (κ1) is 29.3. The summed E-state index contributed by atoms with van der Waals surface area (Å²) < 4.78 is 17.1. The highest BCUT2D eigenvalue weighted by molar-refractivity contribution is 7.20. The number of rotatable bonds is 5. The van der Waals surface area contributed by atoms with Gasteiger partial charge in [-0.05, 0) is 78.7 Å². The SMILES string of the molecule is C=Cc1sc2cc(-c3c4ccccc4c(-c4ccccc4)c4ccccc34)ccc2c1/C(=C\C)c1c2ccccc2c(F)c2ccccc12. The van der Waals surface area contributed by atoms with Crippen LogP contribution >= 0.6 is 11.3 Å². The zero-order valence-corrected chi connectivity index (χ0v) is 27.8. The largest absolute Gasteiger partial charge is 0.206 e. The van der Waals surface area contributed by atoms with Gasteiger partial charge in [0, 0.05) is 31.3 Å². The van der Waals surface area contributed by atoms with Crippen LogP contribution in [0.4, 0.5) is 4.39 Å². The Morgan fingerprint density at radius 2 is 0.980 bits per heavy atom. The Kier molecular flexibility index (Phi) is 7.00. The van der Waals surface area contributed by atoms with Crippen LogP contribution in [0, 0.1) is 5.82 Å². The number of hydrogen-bond acceptors (Lipinski definition) is 1. The summed E-state index contributed by atoms with van der Waals surface area (Å²) >= 11 is 1.76. The Morgan fingerprint density at radius 1 is 0.510 bits per heavy atom. The summed E-state index contributed by atoms with van der Waals surface area (Å²) in [6.07, 6.45) is 4.15. The van der Waals surface area contributed by atoms with Crippen molar-refractivity contribution < 1.29 is 4.39 Å². The Hall–Kier alpha value is -5.83. The van der Waals surface area contributed by atoms with Crippen LogP contribution in [0.15, 0.2) is 158 Å². The van der Waals surface area contributed by atoms with Crippen molar-refractivity contribution in [1.29, 1.82) is 0 Å². The summed E-state index contributed by atoms with van der Waals surface area (Å²) in [5, 5.41) is 9.22. The average molecular weight is 647 g/mol. The fourth-order valence-electron chi connectivity index (χ4n) is 7.83. The molecule has 0 aliphatic carbocycles. The normalized spacial score (nSPS) is 12.1. The number of hydrogen-bond donors (Lipinski definition) is 0. The number of halogens is 1. The van der Waals surface area contributed by atoms with Crippen molar-refractivity contribution in [2.75, 3.05) is 0 Å². The molecule has 49 heavy (non-hydrogen) atoms. The van der Waals surface area contributed by atoms with Crippen molar-refractivity contribution in [2.24, 2.45) is 0 Å². The molecule has 0 radical (unpaired) electrons. The van der Waals surface area contributed by atoms with Crippen LogP contribution in [0.5, 0.6) is 0 Å². The first-order valence-corrected chi connectivity index (χ1v) is 17.4. The Bertz CT molecular complexity index is 2690. The Labute approximate surface area is 288 Å². The molecule has 9 aromatic rings. The van der Waals surface area contributed by atoms with Gasteiger partial charge in [0.1, 0.15) is 5.82 Å². The monoisotopic (exact) mass is 646 g/mol. The second kappa shape index (κ2) is 11.7. The van der Waals surface area contributed by atoms with E-state index >= 15 is 4.39 Å². The van der Waals surface area contributed by atoms with Gasteiger partial charge in [0.2, 0.25) is 0 Å². The van der Waals surface area contributed by atoms with Crippen LogP contribution in [-0.4, -0.2) is 0 Å². The molecular weight excluding hydrogens is 616 g/mol. The standard InChI is InChI=1S/C47H31FS/c1-3-31(45-36-22-12-14-24-38(36)47(48)39-25-15-13-23-37(39)45)46-40-27-26-30(28-42(40)49-41(46)4-2)44-34-20-10-8-18-32(34)43(29-16-6-5-7-17-29)33-19-9-11-21-35(33)44/h3-28H,2H2,1H3/b31-3-. The van der Waals surface area contributed by atoms with E-state index in [1.165, 1.54) is 53.9 Å². The molecule has 8 aromatic carbocycles. The fourth-order valence-corrected chi connectivity index (χ4v) is 8.94. The zero-order valence-electron chi connectivity index (χ0n) is 27.0. The van der Waals surface area contributed by atoms with Crippen molar-refractivity contribution in [3.8, 4) is 22.3 Å². The molecule has 232 valence electrons. The van der Waals surface area contributed by atoms with Gasteiger partial charge in [-0.25, -0.2) is 4.39 Å². The highest BCUT2D eigenvalue weighted by Gasteiger charge is 2.23. The van der Waals surface area contributed by atoms with Crippen LogP contribution in [-0.2, 0) is 0 Å². The molecule has 0 bridgehead atoms. The number of thiophene rings is 1. The van der Waals surface area contributed by atoms with Gasteiger partial charge in [0.05, 0.1) is 0 Å². The number of fused-ring (bicyclic) bond motifs is 5. The minimum Gasteiger partial charge on any atom is -0.206 e. The second-order valence-electron chi connectivity index (χ2n) is 12.4. The maximum Gasteiger partial charge on any atom is 0.138 e. The van der Waals surface area contributed by atoms with E-state index in [4.69, 9.17) is 0 Å². The molecule has 0 atom stereocenters. The van der Waals surface area contributed by atoms with Gasteiger partial charge < -0.3 is 0 Å². The quantitative estimate of drug-likeness (QED) is 0.163. The maximum absolute atomic E-state index is 15.9. The summed E-state index contributed by atoms with van der Waals surface area (Å²) in [4.78, 5) is 1.10. The molecule has 0 saturated carbocycles. The minimum absolute atomic E-state index is 0.174. The second-order valence-corrected chi connectivity index (χ2v) is 13.5. The molecule has 9 rings (SSSR count). The topological polar surface area (TPSA) is 0 Å². The van der Waals surface area contributed by atoms with Gasteiger partial charge in [-0.2, -0.15) is 0 Å². The van der Waals surface area contributed by atoms with Crippen molar-refractivity contribution >= 4 is 76.2 Å². The smallest absolute Gasteiger partial charge is 0.138 e. The van der Waals surface area contributed by atoms with E-state index in [2.05, 4.69) is 117 Å². The lowest BCUT2D eigenvalue weighted by Gasteiger charge is -2.18. The first-order valence-electron chi connectivity index (χ1n) is 16.6. The van der Waals surface area contributed by atoms with Crippen LogP contribution in [0.1, 0.15) is 22.9 Å². The Balaban J connectivity index is 1.31. The van der Waals surface area contributed by atoms with E-state index in [0.717, 1.165) is 32.3 Å². The summed E-state index contributed by atoms with van der Waals surface area (Å²) in [5.74, 6) is -0.174. The minimum atomic E-state index is -0.174. The van der Waals surface area contributed by atoms with Crippen LogP contribution in [0.3, 0.4) is 0 Å². The average Bonchev–Trinajstić information content (AvgIpc) is 3.53. The predicted molar refractivity (Wildman–Crippen MR) is 212 cm³/mol. The van der Waals surface area contributed by atoms with E-state index < -0.39 is 0 Å². The lowest BCUT2D eigenvalue weighted by Crippen LogP contribution is -1.96. The van der Waals surface area contributed by atoms with E-state index in [-0.39, 0.29) is 5.82 Å². The molecule has 0 N–H and O–H groups in total. The van der Waals surface area contributed by atoms with Gasteiger partial charge in [-0.3, -0.25) is 0 Å². The molecule has 0 unspecified atom stereocenters. The molecule has 0 aliphatic rings.